The number of benzene rings is 4. The number of aryl methyl sites for hydroxylation is 3. The van der Waals surface area contributed by atoms with Gasteiger partial charge in [-0.2, -0.15) is 13.2 Å². The van der Waals surface area contributed by atoms with Gasteiger partial charge in [-0.15, -0.1) is 0 Å². The molecule has 0 saturated heterocycles. The highest BCUT2D eigenvalue weighted by molar-refractivity contribution is 6.29. The number of pyridine rings is 2. The summed E-state index contributed by atoms with van der Waals surface area (Å²) in [6, 6.07) is 17.1. The van der Waals surface area contributed by atoms with E-state index in [1.54, 1.807) is 6.07 Å². The molecule has 2 nitrogen and oxygen atoms in total. The molecule has 5 heteroatoms. The number of hydrogen-bond acceptors (Lipinski definition) is 0. The van der Waals surface area contributed by atoms with Gasteiger partial charge in [0.25, 0.3) is 0 Å². The molecule has 0 bridgehead atoms. The van der Waals surface area contributed by atoms with E-state index >= 15 is 0 Å². The van der Waals surface area contributed by atoms with Crippen LogP contribution >= 0.6 is 0 Å². The summed E-state index contributed by atoms with van der Waals surface area (Å²) in [5, 5.41) is 7.47. The molecule has 0 fully saturated rings. The van der Waals surface area contributed by atoms with Crippen LogP contribution in [0.1, 0.15) is 43.0 Å². The third kappa shape index (κ3) is 3.32. The highest BCUT2D eigenvalue weighted by atomic mass is 19.4. The molecule has 39 heavy (non-hydrogen) atoms. The van der Waals surface area contributed by atoms with Crippen LogP contribution in [0.5, 0.6) is 0 Å². The molecular weight excluding hydrogens is 493 g/mol. The Kier molecular flexibility index (Phi) is 4.73. The van der Waals surface area contributed by atoms with Crippen LogP contribution in [0.15, 0.2) is 60.8 Å². The van der Waals surface area contributed by atoms with Gasteiger partial charge in [0.1, 0.15) is 7.05 Å². The second-order valence-electron chi connectivity index (χ2n) is 12.4. The molecule has 0 saturated carbocycles. The van der Waals surface area contributed by atoms with Gasteiger partial charge in [0.2, 0.25) is 5.52 Å². The van der Waals surface area contributed by atoms with E-state index < -0.39 is 11.7 Å². The highest BCUT2D eigenvalue weighted by Gasteiger charge is 2.33. The minimum Gasteiger partial charge on any atom is -0.307 e. The first-order valence-electron chi connectivity index (χ1n) is 13.4. The quantitative estimate of drug-likeness (QED) is 0.115. The second-order valence-corrected chi connectivity index (χ2v) is 12.4. The Morgan fingerprint density at radius 3 is 2.21 bits per heavy atom. The number of alkyl halides is 3. The summed E-state index contributed by atoms with van der Waals surface area (Å²) in [6.45, 7) is 10.9. The van der Waals surface area contributed by atoms with Gasteiger partial charge in [0.05, 0.1) is 32.9 Å². The molecule has 0 amide bonds. The van der Waals surface area contributed by atoms with Gasteiger partial charge in [-0.05, 0) is 65.1 Å². The van der Waals surface area contributed by atoms with E-state index in [9.17, 15) is 13.2 Å². The number of aromatic nitrogens is 2. The lowest BCUT2D eigenvalue weighted by molar-refractivity contribution is -0.643. The third-order valence-electron chi connectivity index (χ3n) is 8.33. The van der Waals surface area contributed by atoms with Crippen molar-refractivity contribution in [2.24, 2.45) is 12.5 Å². The van der Waals surface area contributed by atoms with Crippen molar-refractivity contribution in [3.63, 3.8) is 0 Å². The minimum absolute atomic E-state index is 0.0376. The van der Waals surface area contributed by atoms with E-state index in [1.165, 1.54) is 34.0 Å². The van der Waals surface area contributed by atoms with Gasteiger partial charge in [-0.25, -0.2) is 4.57 Å². The summed E-state index contributed by atoms with van der Waals surface area (Å²) in [7, 11) is 2.07. The zero-order valence-corrected chi connectivity index (χ0v) is 23.0. The molecule has 0 unspecified atom stereocenters. The molecule has 0 aliphatic rings. The van der Waals surface area contributed by atoms with Gasteiger partial charge < -0.3 is 4.40 Å². The Labute approximate surface area is 224 Å². The van der Waals surface area contributed by atoms with Crippen LogP contribution in [0.4, 0.5) is 13.2 Å². The molecule has 0 radical (unpaired) electrons. The molecular formula is C34H30F3N2+. The smallest absolute Gasteiger partial charge is 0.307 e. The minimum atomic E-state index is -4.42. The number of hydrogen-bond donors (Lipinski definition) is 0. The van der Waals surface area contributed by atoms with Crippen LogP contribution in [-0.2, 0) is 19.6 Å². The monoisotopic (exact) mass is 523 g/mol. The summed E-state index contributed by atoms with van der Waals surface area (Å²) in [5.74, 6) is 0. The standard InChI is InChI=1S/C34H30F3N2/c1-18-7-10-22-19(2)28-31(26(25(22)15-18)17-33(3,4)5)39-27-16-21(34(35,36)37)9-12-23(27)24-11-8-20-13-14-38(6)32(28)29(20)30(24)39/h7-16H,17H2,1-6H3/q+1. The predicted molar refractivity (Wildman–Crippen MR) is 155 cm³/mol. The molecule has 0 N–H and O–H groups in total. The molecule has 3 heterocycles. The topological polar surface area (TPSA) is 8.29 Å². The van der Waals surface area contributed by atoms with Crippen LogP contribution in [0.3, 0.4) is 0 Å². The number of rotatable bonds is 1. The first-order valence-corrected chi connectivity index (χ1v) is 13.4. The van der Waals surface area contributed by atoms with Crippen LogP contribution in [-0.4, -0.2) is 4.40 Å². The largest absolute Gasteiger partial charge is 0.416 e. The Hall–Kier alpha value is -3.86. The van der Waals surface area contributed by atoms with Crippen molar-refractivity contribution in [2.75, 3.05) is 0 Å². The summed E-state index contributed by atoms with van der Waals surface area (Å²) in [5.41, 5.74) is 6.57. The fourth-order valence-corrected chi connectivity index (χ4v) is 6.73. The van der Waals surface area contributed by atoms with Crippen LogP contribution < -0.4 is 4.57 Å². The average molecular weight is 524 g/mol. The SMILES string of the molecule is Cc1ccc2c(C)c3c(c(CC(C)(C)C)c2c1)n1c2cc(C(F)(F)F)ccc2c2ccc4cc[n+](C)c3c4c21. The summed E-state index contributed by atoms with van der Waals surface area (Å²) in [4.78, 5) is 0. The number of nitrogens with zero attached hydrogens (tertiary/aromatic N) is 2. The molecule has 0 spiro atoms. The van der Waals surface area contributed by atoms with Crippen molar-refractivity contribution < 1.29 is 17.7 Å². The average Bonchev–Trinajstić information content (AvgIpc) is 3.19. The maximum Gasteiger partial charge on any atom is 0.416 e. The Bertz CT molecular complexity index is 2140. The van der Waals surface area contributed by atoms with E-state index in [0.717, 1.165) is 55.5 Å². The Morgan fingerprint density at radius 1 is 0.769 bits per heavy atom. The van der Waals surface area contributed by atoms with Crippen molar-refractivity contribution in [3.8, 4) is 0 Å². The van der Waals surface area contributed by atoms with Gasteiger partial charge in [-0.3, -0.25) is 0 Å². The van der Waals surface area contributed by atoms with Crippen molar-refractivity contribution >= 4 is 59.8 Å². The molecule has 196 valence electrons. The zero-order chi connectivity index (χ0) is 27.6. The third-order valence-corrected chi connectivity index (χ3v) is 8.33. The van der Waals surface area contributed by atoms with Crippen molar-refractivity contribution in [2.45, 2.75) is 47.2 Å². The summed E-state index contributed by atoms with van der Waals surface area (Å²) >= 11 is 0. The predicted octanol–water partition coefficient (Wildman–Crippen LogP) is 9.19. The van der Waals surface area contributed by atoms with Gasteiger partial charge in [0.15, 0.2) is 6.20 Å². The fourth-order valence-electron chi connectivity index (χ4n) is 6.73. The fraction of sp³-hybridized carbons (Fsp3) is 0.265. The lowest BCUT2D eigenvalue weighted by atomic mass is 9.83. The molecule has 0 atom stereocenters. The Balaban J connectivity index is 1.91. The zero-order valence-electron chi connectivity index (χ0n) is 23.0. The van der Waals surface area contributed by atoms with E-state index in [2.05, 4.69) is 93.2 Å². The van der Waals surface area contributed by atoms with Crippen LogP contribution in [0.2, 0.25) is 0 Å². The van der Waals surface area contributed by atoms with Crippen molar-refractivity contribution in [3.05, 3.63) is 83.0 Å². The summed E-state index contributed by atoms with van der Waals surface area (Å²) < 4.78 is 46.4. The van der Waals surface area contributed by atoms with Crippen molar-refractivity contribution in [1.82, 2.24) is 4.40 Å². The van der Waals surface area contributed by atoms with Crippen LogP contribution in [0.25, 0.3) is 59.8 Å². The number of fused-ring (bicyclic) bond motifs is 7. The van der Waals surface area contributed by atoms with E-state index in [0.29, 0.717) is 5.52 Å². The number of halogens is 3. The van der Waals surface area contributed by atoms with E-state index in [1.807, 2.05) is 0 Å². The molecule has 4 aromatic carbocycles. The van der Waals surface area contributed by atoms with Gasteiger partial charge >= 0.3 is 6.18 Å². The second kappa shape index (κ2) is 7.62. The van der Waals surface area contributed by atoms with Gasteiger partial charge in [0, 0.05) is 16.8 Å². The van der Waals surface area contributed by atoms with Crippen LogP contribution in [0, 0.1) is 19.3 Å². The van der Waals surface area contributed by atoms with E-state index in [4.69, 9.17) is 0 Å². The normalized spacial score (nSPS) is 13.4. The molecule has 7 rings (SSSR count). The van der Waals surface area contributed by atoms with Crippen molar-refractivity contribution in [1.29, 1.82) is 0 Å². The Morgan fingerprint density at radius 2 is 1.49 bits per heavy atom. The van der Waals surface area contributed by atoms with E-state index in [-0.39, 0.29) is 5.41 Å². The molecule has 7 aromatic rings. The maximum absolute atomic E-state index is 14.0. The lowest BCUT2D eigenvalue weighted by Gasteiger charge is -2.24. The highest BCUT2D eigenvalue weighted by Crippen LogP contribution is 2.46. The molecule has 0 aliphatic carbocycles. The van der Waals surface area contributed by atoms with Gasteiger partial charge in [-0.1, -0.05) is 62.7 Å². The first-order chi connectivity index (χ1) is 18.3. The summed E-state index contributed by atoms with van der Waals surface area (Å²) in [6.07, 6.45) is -1.54. The first kappa shape index (κ1) is 24.2. The lowest BCUT2D eigenvalue weighted by Crippen LogP contribution is -2.29. The maximum atomic E-state index is 14.0. The molecule has 3 aromatic heterocycles. The molecule has 0 aliphatic heterocycles.